The van der Waals surface area contributed by atoms with E-state index in [1.807, 2.05) is 12.1 Å². The SMILES string of the molecule is CC(C)CCN(C1CC1)S(=O)(=O)c1ccc2c(c1)CCN2. The summed E-state index contributed by atoms with van der Waals surface area (Å²) in [4.78, 5) is 0.459. The van der Waals surface area contributed by atoms with Crippen LogP contribution in [0.15, 0.2) is 23.1 Å². The van der Waals surface area contributed by atoms with Crippen LogP contribution in [0.4, 0.5) is 5.69 Å². The Morgan fingerprint density at radius 1 is 1.33 bits per heavy atom. The second-order valence-corrected chi connectivity index (χ2v) is 8.42. The molecule has 1 saturated carbocycles. The zero-order chi connectivity index (χ0) is 15.0. The van der Waals surface area contributed by atoms with E-state index in [4.69, 9.17) is 0 Å². The average molecular weight is 308 g/mol. The molecule has 0 atom stereocenters. The van der Waals surface area contributed by atoms with Gasteiger partial charge in [0.1, 0.15) is 0 Å². The van der Waals surface area contributed by atoms with Crippen LogP contribution in [0.25, 0.3) is 0 Å². The van der Waals surface area contributed by atoms with E-state index in [1.165, 1.54) is 0 Å². The molecular weight excluding hydrogens is 284 g/mol. The van der Waals surface area contributed by atoms with Crippen LogP contribution in [0.1, 0.15) is 38.7 Å². The molecule has 3 rings (SSSR count). The lowest BCUT2D eigenvalue weighted by Crippen LogP contribution is -2.34. The maximum Gasteiger partial charge on any atom is 0.243 e. The Morgan fingerprint density at radius 2 is 2.10 bits per heavy atom. The molecule has 0 unspecified atom stereocenters. The Morgan fingerprint density at radius 3 is 2.76 bits per heavy atom. The molecule has 1 aliphatic heterocycles. The van der Waals surface area contributed by atoms with Gasteiger partial charge in [-0.3, -0.25) is 0 Å². The molecular formula is C16H24N2O2S. The zero-order valence-electron chi connectivity index (χ0n) is 12.8. The normalized spacial score (nSPS) is 18.1. The van der Waals surface area contributed by atoms with E-state index in [0.717, 1.165) is 43.5 Å². The summed E-state index contributed by atoms with van der Waals surface area (Å²) >= 11 is 0. The zero-order valence-corrected chi connectivity index (χ0v) is 13.6. The molecule has 0 saturated heterocycles. The van der Waals surface area contributed by atoms with Gasteiger partial charge in [0.2, 0.25) is 10.0 Å². The van der Waals surface area contributed by atoms with Crippen LogP contribution in [0, 0.1) is 5.92 Å². The van der Waals surface area contributed by atoms with Crippen molar-refractivity contribution in [3.8, 4) is 0 Å². The van der Waals surface area contributed by atoms with E-state index in [2.05, 4.69) is 19.2 Å². The first-order chi connectivity index (χ1) is 9.98. The fraction of sp³-hybridized carbons (Fsp3) is 0.625. The highest BCUT2D eigenvalue weighted by molar-refractivity contribution is 7.89. The van der Waals surface area contributed by atoms with Gasteiger partial charge in [-0.25, -0.2) is 8.42 Å². The van der Waals surface area contributed by atoms with Crippen molar-refractivity contribution < 1.29 is 8.42 Å². The van der Waals surface area contributed by atoms with Crippen molar-refractivity contribution in [3.05, 3.63) is 23.8 Å². The Hall–Kier alpha value is -1.07. The number of hydrogen-bond donors (Lipinski definition) is 1. The molecule has 1 aliphatic carbocycles. The topological polar surface area (TPSA) is 49.4 Å². The summed E-state index contributed by atoms with van der Waals surface area (Å²) in [7, 11) is -3.35. The Labute approximate surface area is 127 Å². The molecule has 2 aliphatic rings. The third kappa shape index (κ3) is 3.09. The Balaban J connectivity index is 1.86. The molecule has 0 amide bonds. The van der Waals surface area contributed by atoms with Crippen molar-refractivity contribution in [2.24, 2.45) is 5.92 Å². The lowest BCUT2D eigenvalue weighted by atomic mass is 10.1. The maximum atomic E-state index is 12.9. The highest BCUT2D eigenvalue weighted by atomic mass is 32.2. The van der Waals surface area contributed by atoms with Crippen molar-refractivity contribution >= 4 is 15.7 Å². The molecule has 5 heteroatoms. The van der Waals surface area contributed by atoms with Crippen molar-refractivity contribution in [1.82, 2.24) is 4.31 Å². The lowest BCUT2D eigenvalue weighted by molar-refractivity contribution is 0.373. The van der Waals surface area contributed by atoms with Crippen molar-refractivity contribution in [2.75, 3.05) is 18.4 Å². The minimum absolute atomic E-state index is 0.222. The molecule has 1 aromatic rings. The van der Waals surface area contributed by atoms with Crippen LogP contribution in [0.5, 0.6) is 0 Å². The van der Waals surface area contributed by atoms with Gasteiger partial charge in [0.25, 0.3) is 0 Å². The van der Waals surface area contributed by atoms with Gasteiger partial charge in [-0.1, -0.05) is 13.8 Å². The van der Waals surface area contributed by atoms with Crippen molar-refractivity contribution in [1.29, 1.82) is 0 Å². The number of fused-ring (bicyclic) bond motifs is 1. The van der Waals surface area contributed by atoms with Gasteiger partial charge in [0.15, 0.2) is 0 Å². The van der Waals surface area contributed by atoms with E-state index in [1.54, 1.807) is 10.4 Å². The molecule has 0 spiro atoms. The predicted octanol–water partition coefficient (Wildman–Crippen LogP) is 2.85. The molecule has 0 aromatic heterocycles. The first-order valence-corrected chi connectivity index (χ1v) is 9.31. The van der Waals surface area contributed by atoms with Crippen molar-refractivity contribution in [3.63, 3.8) is 0 Å². The van der Waals surface area contributed by atoms with Crippen LogP contribution in [0.2, 0.25) is 0 Å². The molecule has 116 valence electrons. The monoisotopic (exact) mass is 308 g/mol. The number of rotatable bonds is 6. The van der Waals surface area contributed by atoms with Gasteiger partial charge < -0.3 is 5.32 Å². The van der Waals surface area contributed by atoms with E-state index >= 15 is 0 Å². The molecule has 1 N–H and O–H groups in total. The number of hydrogen-bond acceptors (Lipinski definition) is 3. The van der Waals surface area contributed by atoms with E-state index in [0.29, 0.717) is 17.4 Å². The summed E-state index contributed by atoms with van der Waals surface area (Å²) in [6.45, 7) is 5.82. The summed E-state index contributed by atoms with van der Waals surface area (Å²) in [6, 6.07) is 5.73. The minimum atomic E-state index is -3.35. The minimum Gasteiger partial charge on any atom is -0.384 e. The number of anilines is 1. The summed E-state index contributed by atoms with van der Waals surface area (Å²) in [5.74, 6) is 0.519. The van der Waals surface area contributed by atoms with Crippen LogP contribution < -0.4 is 5.32 Å². The lowest BCUT2D eigenvalue weighted by Gasteiger charge is -2.23. The Kier molecular flexibility index (Phi) is 3.97. The molecule has 1 aromatic carbocycles. The van der Waals surface area contributed by atoms with E-state index in [9.17, 15) is 8.42 Å². The average Bonchev–Trinajstić information content (AvgIpc) is 3.14. The number of nitrogens with zero attached hydrogens (tertiary/aromatic N) is 1. The largest absolute Gasteiger partial charge is 0.384 e. The Bertz CT molecular complexity index is 621. The first-order valence-electron chi connectivity index (χ1n) is 7.87. The third-order valence-electron chi connectivity index (χ3n) is 4.27. The van der Waals surface area contributed by atoms with E-state index < -0.39 is 10.0 Å². The fourth-order valence-corrected chi connectivity index (χ4v) is 4.58. The fourth-order valence-electron chi connectivity index (χ4n) is 2.82. The summed E-state index contributed by atoms with van der Waals surface area (Å²) in [6.07, 6.45) is 3.84. The summed E-state index contributed by atoms with van der Waals surface area (Å²) in [5.41, 5.74) is 2.20. The molecule has 1 fully saturated rings. The van der Waals surface area contributed by atoms with Gasteiger partial charge in [-0.2, -0.15) is 4.31 Å². The van der Waals surface area contributed by atoms with Crippen LogP contribution >= 0.6 is 0 Å². The van der Waals surface area contributed by atoms with Gasteiger partial charge >= 0.3 is 0 Å². The van der Waals surface area contributed by atoms with Gasteiger partial charge in [0.05, 0.1) is 4.90 Å². The molecule has 1 heterocycles. The summed E-state index contributed by atoms with van der Waals surface area (Å²) < 4.78 is 27.6. The second-order valence-electron chi connectivity index (χ2n) is 6.53. The van der Waals surface area contributed by atoms with Crippen molar-refractivity contribution in [2.45, 2.75) is 50.5 Å². The molecule has 4 nitrogen and oxygen atoms in total. The third-order valence-corrected chi connectivity index (χ3v) is 6.22. The highest BCUT2D eigenvalue weighted by Gasteiger charge is 2.38. The van der Waals surface area contributed by atoms with Gasteiger partial charge in [0, 0.05) is 24.8 Å². The van der Waals surface area contributed by atoms with Gasteiger partial charge in [-0.15, -0.1) is 0 Å². The van der Waals surface area contributed by atoms with E-state index in [-0.39, 0.29) is 6.04 Å². The molecule has 21 heavy (non-hydrogen) atoms. The predicted molar refractivity (Wildman–Crippen MR) is 85.0 cm³/mol. The van der Waals surface area contributed by atoms with Crippen LogP contribution in [-0.4, -0.2) is 31.9 Å². The first kappa shape index (κ1) is 14.9. The maximum absolute atomic E-state index is 12.9. The molecule has 0 bridgehead atoms. The second kappa shape index (κ2) is 5.61. The quantitative estimate of drug-likeness (QED) is 0.879. The summed E-state index contributed by atoms with van der Waals surface area (Å²) in [5, 5.41) is 3.27. The number of benzene rings is 1. The van der Waals surface area contributed by atoms with Crippen LogP contribution in [-0.2, 0) is 16.4 Å². The number of sulfonamides is 1. The standard InChI is InChI=1S/C16H24N2O2S/c1-12(2)8-10-18(14-3-4-14)21(19,20)15-5-6-16-13(11-15)7-9-17-16/h5-6,11-12,14,17H,3-4,7-10H2,1-2H3. The number of nitrogens with one attached hydrogen (secondary N) is 1. The highest BCUT2D eigenvalue weighted by Crippen LogP contribution is 2.34. The van der Waals surface area contributed by atoms with Gasteiger partial charge in [-0.05, 0) is 55.4 Å². The smallest absolute Gasteiger partial charge is 0.243 e. The molecule has 0 radical (unpaired) electrons. The van der Waals surface area contributed by atoms with Crippen LogP contribution in [0.3, 0.4) is 0 Å².